The highest BCUT2D eigenvalue weighted by Gasteiger charge is 1.96. The van der Waals surface area contributed by atoms with Crippen LogP contribution in [0.15, 0.2) is 21.8 Å². The Hall–Kier alpha value is -0.920. The first-order chi connectivity index (χ1) is 4.72. The van der Waals surface area contributed by atoms with Crippen molar-refractivity contribution in [3.8, 4) is 0 Å². The second-order valence-electron chi connectivity index (χ2n) is 2.30. The average Bonchev–Trinajstić information content (AvgIpc) is 1.89. The molecule has 2 heteroatoms. The fourth-order valence-electron chi connectivity index (χ4n) is 0.664. The normalized spacial score (nSPS) is 13.0. The van der Waals surface area contributed by atoms with Crippen LogP contribution < -0.4 is 0 Å². The topological polar surface area (TPSA) is 24.7 Å². The minimum atomic E-state index is 0.461. The Morgan fingerprint density at radius 1 is 1.50 bits per heavy atom. The van der Waals surface area contributed by atoms with Crippen molar-refractivity contribution >= 4 is 13.1 Å². The van der Waals surface area contributed by atoms with Crippen LogP contribution >= 0.6 is 0 Å². The molecule has 10 heavy (non-hydrogen) atoms. The molecule has 0 rings (SSSR count). The lowest BCUT2D eigenvalue weighted by molar-refractivity contribution is 0.757. The monoisotopic (exact) mass is 138 g/mol. The molecule has 0 saturated heterocycles. The maximum atomic E-state index is 4.07. The predicted molar refractivity (Wildman–Crippen MR) is 46.6 cm³/mol. The van der Waals surface area contributed by atoms with Crippen molar-refractivity contribution in [1.29, 1.82) is 0 Å². The van der Waals surface area contributed by atoms with Crippen LogP contribution in [0.5, 0.6) is 0 Å². The Morgan fingerprint density at radius 2 is 2.10 bits per heavy atom. The molecule has 0 radical (unpaired) electrons. The van der Waals surface area contributed by atoms with Gasteiger partial charge in [-0.1, -0.05) is 19.9 Å². The zero-order valence-corrected chi connectivity index (χ0v) is 6.83. The SMILES string of the molecule is C=N/C=N\C(=C/C)C(C)C. The van der Waals surface area contributed by atoms with Crippen LogP contribution in [0.25, 0.3) is 0 Å². The van der Waals surface area contributed by atoms with Gasteiger partial charge in [-0.3, -0.25) is 4.99 Å². The minimum absolute atomic E-state index is 0.461. The highest BCUT2D eigenvalue weighted by molar-refractivity contribution is 5.63. The molecule has 2 nitrogen and oxygen atoms in total. The molecular weight excluding hydrogens is 124 g/mol. The highest BCUT2D eigenvalue weighted by atomic mass is 14.8. The van der Waals surface area contributed by atoms with Gasteiger partial charge in [-0.05, 0) is 19.6 Å². The Labute approximate surface area is 62.4 Å². The van der Waals surface area contributed by atoms with Crippen LogP contribution in [0.2, 0.25) is 0 Å². The molecule has 0 spiro atoms. The molecule has 0 aromatic rings. The van der Waals surface area contributed by atoms with Crippen molar-refractivity contribution in [3.05, 3.63) is 11.8 Å². The Bertz CT molecular complexity index is 155. The molecule has 0 aromatic carbocycles. The molecule has 0 unspecified atom stereocenters. The summed E-state index contributed by atoms with van der Waals surface area (Å²) in [4.78, 5) is 7.59. The van der Waals surface area contributed by atoms with E-state index in [2.05, 4.69) is 30.5 Å². The fraction of sp³-hybridized carbons (Fsp3) is 0.500. The van der Waals surface area contributed by atoms with Crippen LogP contribution in [0.1, 0.15) is 20.8 Å². The number of nitrogens with zero attached hydrogens (tertiary/aromatic N) is 2. The van der Waals surface area contributed by atoms with Crippen molar-refractivity contribution in [1.82, 2.24) is 0 Å². The number of rotatable bonds is 3. The molecule has 0 amide bonds. The summed E-state index contributed by atoms with van der Waals surface area (Å²) in [5.41, 5.74) is 1.05. The second kappa shape index (κ2) is 4.91. The molecule has 0 aromatic heterocycles. The van der Waals surface area contributed by atoms with Gasteiger partial charge in [-0.25, -0.2) is 4.99 Å². The summed E-state index contributed by atoms with van der Waals surface area (Å²) < 4.78 is 0. The zero-order valence-electron chi connectivity index (χ0n) is 6.83. The molecule has 0 atom stereocenters. The summed E-state index contributed by atoms with van der Waals surface area (Å²) >= 11 is 0. The van der Waals surface area contributed by atoms with Crippen molar-refractivity contribution in [3.63, 3.8) is 0 Å². The standard InChI is InChI=1S/C8H14N2/c1-5-8(7(2)3)10-6-9-4/h5-7H,4H2,1-3H3/b8-5-,10-6-. The molecule has 0 aliphatic carbocycles. The molecule has 0 saturated carbocycles. The highest BCUT2D eigenvalue weighted by Crippen LogP contribution is 2.09. The predicted octanol–water partition coefficient (Wildman–Crippen LogP) is 2.28. The molecule has 0 aliphatic rings. The van der Waals surface area contributed by atoms with E-state index in [0.717, 1.165) is 5.70 Å². The van der Waals surface area contributed by atoms with E-state index in [9.17, 15) is 0 Å². The third kappa shape index (κ3) is 3.17. The quantitative estimate of drug-likeness (QED) is 0.422. The smallest absolute Gasteiger partial charge is 0.114 e. The van der Waals surface area contributed by atoms with Crippen LogP contribution in [0, 0.1) is 5.92 Å². The maximum Gasteiger partial charge on any atom is 0.114 e. The van der Waals surface area contributed by atoms with E-state index < -0.39 is 0 Å². The minimum Gasteiger partial charge on any atom is -0.253 e. The number of allylic oxidation sites excluding steroid dienone is 2. The summed E-state index contributed by atoms with van der Waals surface area (Å²) in [5.74, 6) is 0.461. The van der Waals surface area contributed by atoms with Crippen molar-refractivity contribution in [2.24, 2.45) is 15.9 Å². The molecular formula is C8H14N2. The molecule has 56 valence electrons. The van der Waals surface area contributed by atoms with Crippen molar-refractivity contribution in [2.45, 2.75) is 20.8 Å². The van der Waals surface area contributed by atoms with Gasteiger partial charge in [0.2, 0.25) is 0 Å². The first-order valence-electron chi connectivity index (χ1n) is 3.37. The van der Waals surface area contributed by atoms with Gasteiger partial charge in [-0.2, -0.15) is 0 Å². The summed E-state index contributed by atoms with van der Waals surface area (Å²) in [6, 6.07) is 0. The Balaban J connectivity index is 4.10. The number of aliphatic imine (C=N–C) groups is 2. The maximum absolute atomic E-state index is 4.07. The van der Waals surface area contributed by atoms with E-state index in [1.165, 1.54) is 6.34 Å². The van der Waals surface area contributed by atoms with Gasteiger partial charge in [0.15, 0.2) is 0 Å². The van der Waals surface area contributed by atoms with E-state index >= 15 is 0 Å². The average molecular weight is 138 g/mol. The summed E-state index contributed by atoms with van der Waals surface area (Å²) in [6.07, 6.45) is 3.45. The molecule has 0 heterocycles. The van der Waals surface area contributed by atoms with Crippen molar-refractivity contribution < 1.29 is 0 Å². The molecule has 0 aliphatic heterocycles. The Kier molecular flexibility index (Phi) is 4.46. The van der Waals surface area contributed by atoms with E-state index in [-0.39, 0.29) is 0 Å². The molecule has 0 N–H and O–H groups in total. The lowest BCUT2D eigenvalue weighted by atomic mass is 10.1. The van der Waals surface area contributed by atoms with Crippen LogP contribution in [-0.2, 0) is 0 Å². The van der Waals surface area contributed by atoms with Gasteiger partial charge in [0.1, 0.15) is 6.34 Å². The second-order valence-corrected chi connectivity index (χ2v) is 2.30. The number of hydrogen-bond acceptors (Lipinski definition) is 1. The third-order valence-electron chi connectivity index (χ3n) is 1.18. The summed E-state index contributed by atoms with van der Waals surface area (Å²) in [5, 5.41) is 0. The summed E-state index contributed by atoms with van der Waals surface area (Å²) in [7, 11) is 0. The third-order valence-corrected chi connectivity index (χ3v) is 1.18. The van der Waals surface area contributed by atoms with Gasteiger partial charge in [0.05, 0.1) is 0 Å². The van der Waals surface area contributed by atoms with E-state index in [1.807, 2.05) is 13.0 Å². The first kappa shape index (κ1) is 9.08. The van der Waals surface area contributed by atoms with Gasteiger partial charge in [0.25, 0.3) is 0 Å². The lowest BCUT2D eigenvalue weighted by Crippen LogP contribution is -1.89. The largest absolute Gasteiger partial charge is 0.253 e. The van der Waals surface area contributed by atoms with Gasteiger partial charge in [-0.15, -0.1) is 0 Å². The van der Waals surface area contributed by atoms with Gasteiger partial charge < -0.3 is 0 Å². The van der Waals surface area contributed by atoms with E-state index in [0.29, 0.717) is 5.92 Å². The van der Waals surface area contributed by atoms with E-state index in [4.69, 9.17) is 0 Å². The van der Waals surface area contributed by atoms with Crippen molar-refractivity contribution in [2.75, 3.05) is 0 Å². The molecule has 0 fully saturated rings. The number of hydrogen-bond donors (Lipinski definition) is 0. The van der Waals surface area contributed by atoms with Crippen LogP contribution in [-0.4, -0.2) is 13.1 Å². The zero-order chi connectivity index (χ0) is 7.98. The van der Waals surface area contributed by atoms with Gasteiger partial charge in [0, 0.05) is 5.70 Å². The summed E-state index contributed by atoms with van der Waals surface area (Å²) in [6.45, 7) is 9.45. The van der Waals surface area contributed by atoms with Crippen LogP contribution in [0.3, 0.4) is 0 Å². The Morgan fingerprint density at radius 3 is 2.40 bits per heavy atom. The van der Waals surface area contributed by atoms with E-state index in [1.54, 1.807) is 0 Å². The molecule has 0 bridgehead atoms. The fourth-order valence-corrected chi connectivity index (χ4v) is 0.664. The van der Waals surface area contributed by atoms with Gasteiger partial charge >= 0.3 is 0 Å². The first-order valence-corrected chi connectivity index (χ1v) is 3.37. The van der Waals surface area contributed by atoms with Crippen LogP contribution in [0.4, 0.5) is 0 Å². The lowest BCUT2D eigenvalue weighted by Gasteiger charge is -2.01.